The molecule has 0 saturated heterocycles. The molecule has 0 amide bonds. The Morgan fingerprint density at radius 3 is 1.67 bits per heavy atom. The van der Waals surface area contributed by atoms with Gasteiger partial charge in [0.05, 0.1) is 6.42 Å². The lowest BCUT2D eigenvalue weighted by Crippen LogP contribution is -2.26. The summed E-state index contributed by atoms with van der Waals surface area (Å²) >= 11 is 0. The maximum absolute atomic E-state index is 12.6. The maximum Gasteiger partial charge on any atom is 0.295 e. The molecule has 7 heteroatoms. The second kappa shape index (κ2) is 4.02. The van der Waals surface area contributed by atoms with Crippen LogP contribution in [0.2, 0.25) is 0 Å². The molecule has 15 heavy (non-hydrogen) atoms. The number of allylic oxidation sites excluding steroid dienone is 2. The molecule has 0 heterocycles. The molecule has 0 aromatic rings. The van der Waals surface area contributed by atoms with E-state index in [2.05, 4.69) is 0 Å². The van der Waals surface area contributed by atoms with Gasteiger partial charge in [0, 0.05) is 13.0 Å². The molecule has 0 fully saturated rings. The number of rotatable bonds is 4. The SMILES string of the molecule is CC(F)(F)CC(F)(F)/C=C(\F)C(C)(F)F. The highest BCUT2D eigenvalue weighted by Crippen LogP contribution is 2.35. The zero-order chi connectivity index (χ0) is 12.5. The lowest BCUT2D eigenvalue weighted by atomic mass is 10.1. The molecule has 90 valence electrons. The summed E-state index contributed by atoms with van der Waals surface area (Å²) in [6, 6.07) is 0. The van der Waals surface area contributed by atoms with Crippen LogP contribution in [0.15, 0.2) is 11.9 Å². The van der Waals surface area contributed by atoms with Gasteiger partial charge in [-0.15, -0.1) is 0 Å². The molecule has 0 aliphatic carbocycles. The van der Waals surface area contributed by atoms with Gasteiger partial charge in [-0.05, 0) is 6.92 Å². The van der Waals surface area contributed by atoms with Crippen molar-refractivity contribution in [3.05, 3.63) is 11.9 Å². The van der Waals surface area contributed by atoms with Crippen molar-refractivity contribution in [3.63, 3.8) is 0 Å². The van der Waals surface area contributed by atoms with Gasteiger partial charge in [-0.3, -0.25) is 0 Å². The zero-order valence-electron chi connectivity index (χ0n) is 7.93. The first-order valence-corrected chi connectivity index (χ1v) is 3.86. The smallest absolute Gasteiger partial charge is 0.207 e. The summed E-state index contributed by atoms with van der Waals surface area (Å²) in [5.41, 5.74) is 0. The van der Waals surface area contributed by atoms with Crippen LogP contribution >= 0.6 is 0 Å². The third-order valence-electron chi connectivity index (χ3n) is 1.30. The molecule has 0 bridgehead atoms. The van der Waals surface area contributed by atoms with Crippen molar-refractivity contribution in [2.75, 3.05) is 0 Å². The van der Waals surface area contributed by atoms with E-state index in [0.29, 0.717) is 0 Å². The highest BCUT2D eigenvalue weighted by Gasteiger charge is 2.41. The molecule has 0 aromatic heterocycles. The zero-order valence-corrected chi connectivity index (χ0v) is 7.93. The van der Waals surface area contributed by atoms with Gasteiger partial charge in [-0.2, -0.15) is 8.78 Å². The van der Waals surface area contributed by atoms with E-state index in [9.17, 15) is 30.7 Å². The van der Waals surface area contributed by atoms with Crippen LogP contribution in [0.5, 0.6) is 0 Å². The monoisotopic (exact) mass is 238 g/mol. The number of halogens is 7. The molecular weight excluding hydrogens is 229 g/mol. The predicted octanol–water partition coefficient (Wildman–Crippen LogP) is 4.18. The van der Waals surface area contributed by atoms with Crippen LogP contribution < -0.4 is 0 Å². The maximum atomic E-state index is 12.6. The molecule has 0 radical (unpaired) electrons. The van der Waals surface area contributed by atoms with E-state index in [1.807, 2.05) is 0 Å². The molecule has 0 aliphatic rings. The van der Waals surface area contributed by atoms with Crippen molar-refractivity contribution in [3.8, 4) is 0 Å². The van der Waals surface area contributed by atoms with Crippen molar-refractivity contribution in [1.29, 1.82) is 0 Å². The van der Waals surface area contributed by atoms with Crippen LogP contribution in [0.3, 0.4) is 0 Å². The summed E-state index contributed by atoms with van der Waals surface area (Å²) in [6.07, 6.45) is -2.78. The number of alkyl halides is 6. The molecular formula is C8H9F7. The highest BCUT2D eigenvalue weighted by molar-refractivity contribution is 5.08. The number of hydrogen-bond acceptors (Lipinski definition) is 0. The molecule has 0 atom stereocenters. The van der Waals surface area contributed by atoms with Crippen LogP contribution in [-0.2, 0) is 0 Å². The highest BCUT2D eigenvalue weighted by atomic mass is 19.3. The van der Waals surface area contributed by atoms with Crippen LogP contribution in [0.1, 0.15) is 20.3 Å². The fraction of sp³-hybridized carbons (Fsp3) is 0.750. The minimum absolute atomic E-state index is 0.0546. The molecule has 0 N–H and O–H groups in total. The fourth-order valence-electron chi connectivity index (χ4n) is 0.777. The van der Waals surface area contributed by atoms with Gasteiger partial charge in [-0.1, -0.05) is 0 Å². The van der Waals surface area contributed by atoms with Crippen molar-refractivity contribution < 1.29 is 30.7 Å². The van der Waals surface area contributed by atoms with Crippen molar-refractivity contribution in [2.24, 2.45) is 0 Å². The van der Waals surface area contributed by atoms with Gasteiger partial charge in [-0.25, -0.2) is 22.0 Å². The summed E-state index contributed by atoms with van der Waals surface area (Å²) < 4.78 is 86.0. The Balaban J connectivity index is 4.78. The van der Waals surface area contributed by atoms with Crippen molar-refractivity contribution in [1.82, 2.24) is 0 Å². The van der Waals surface area contributed by atoms with Crippen molar-refractivity contribution in [2.45, 2.75) is 38.0 Å². The Kier molecular flexibility index (Phi) is 3.82. The van der Waals surface area contributed by atoms with Gasteiger partial charge >= 0.3 is 0 Å². The van der Waals surface area contributed by atoms with Crippen LogP contribution in [-0.4, -0.2) is 17.8 Å². The Labute approximate surface area is 81.8 Å². The van der Waals surface area contributed by atoms with E-state index in [-0.39, 0.29) is 13.8 Å². The summed E-state index contributed by atoms with van der Waals surface area (Å²) in [5.74, 6) is -14.6. The van der Waals surface area contributed by atoms with E-state index in [1.54, 1.807) is 0 Å². The third kappa shape index (κ3) is 6.35. The van der Waals surface area contributed by atoms with Crippen LogP contribution in [0.4, 0.5) is 30.7 Å². The molecule has 0 unspecified atom stereocenters. The van der Waals surface area contributed by atoms with E-state index in [0.717, 1.165) is 0 Å². The standard InChI is InChI=1S/C8H9F7/c1-6(10,11)4-8(14,15)3-5(9)7(2,12)13/h3H,4H2,1-2H3/b5-3-. The van der Waals surface area contributed by atoms with Crippen molar-refractivity contribution >= 4 is 0 Å². The van der Waals surface area contributed by atoms with E-state index in [1.165, 1.54) is 0 Å². The van der Waals surface area contributed by atoms with Gasteiger partial charge in [0.25, 0.3) is 17.8 Å². The fourth-order valence-corrected chi connectivity index (χ4v) is 0.777. The Bertz CT molecular complexity index is 243. The lowest BCUT2D eigenvalue weighted by Gasteiger charge is -2.18. The topological polar surface area (TPSA) is 0 Å². The minimum atomic E-state index is -4.30. The quantitative estimate of drug-likeness (QED) is 0.644. The lowest BCUT2D eigenvalue weighted by molar-refractivity contribution is -0.0768. The summed E-state index contributed by atoms with van der Waals surface area (Å²) in [6.45, 7) is 0.246. The molecule has 0 saturated carbocycles. The predicted molar refractivity (Wildman–Crippen MR) is 40.0 cm³/mol. The molecule has 0 aliphatic heterocycles. The van der Waals surface area contributed by atoms with Gasteiger partial charge < -0.3 is 0 Å². The average Bonchev–Trinajstić information content (AvgIpc) is 1.76. The van der Waals surface area contributed by atoms with Crippen LogP contribution in [0.25, 0.3) is 0 Å². The van der Waals surface area contributed by atoms with Gasteiger partial charge in [0.2, 0.25) is 0 Å². The minimum Gasteiger partial charge on any atom is -0.207 e. The first kappa shape index (κ1) is 14.2. The first-order chi connectivity index (χ1) is 6.33. The van der Waals surface area contributed by atoms with E-state index < -0.39 is 36.1 Å². The van der Waals surface area contributed by atoms with Crippen LogP contribution in [0, 0.1) is 0 Å². The first-order valence-electron chi connectivity index (χ1n) is 3.86. The Hall–Kier alpha value is -0.750. The Morgan fingerprint density at radius 2 is 1.40 bits per heavy atom. The molecule has 0 nitrogen and oxygen atoms in total. The summed E-state index contributed by atoms with van der Waals surface area (Å²) in [5, 5.41) is 0. The third-order valence-corrected chi connectivity index (χ3v) is 1.30. The largest absolute Gasteiger partial charge is 0.295 e. The van der Waals surface area contributed by atoms with Gasteiger partial charge in [0.1, 0.15) is 0 Å². The second-order valence-electron chi connectivity index (χ2n) is 3.39. The number of hydrogen-bond donors (Lipinski definition) is 0. The van der Waals surface area contributed by atoms with E-state index >= 15 is 0 Å². The summed E-state index contributed by atoms with van der Waals surface area (Å²) in [4.78, 5) is 0. The normalized spacial score (nSPS) is 15.7. The molecule has 0 spiro atoms. The summed E-state index contributed by atoms with van der Waals surface area (Å²) in [7, 11) is 0. The second-order valence-corrected chi connectivity index (χ2v) is 3.39. The molecule has 0 aromatic carbocycles. The average molecular weight is 238 g/mol. The Morgan fingerprint density at radius 1 is 1.00 bits per heavy atom. The van der Waals surface area contributed by atoms with Gasteiger partial charge in [0.15, 0.2) is 5.83 Å². The van der Waals surface area contributed by atoms with E-state index in [4.69, 9.17) is 0 Å². The molecule has 0 rings (SSSR count).